The van der Waals surface area contributed by atoms with Gasteiger partial charge in [0.2, 0.25) is 0 Å². The molecule has 4 heteroatoms. The van der Waals surface area contributed by atoms with Gasteiger partial charge in [0.05, 0.1) is 11.2 Å². The molecule has 24 heavy (non-hydrogen) atoms. The van der Waals surface area contributed by atoms with Crippen molar-refractivity contribution in [1.29, 1.82) is 0 Å². The first-order valence-corrected chi connectivity index (χ1v) is 9.30. The molecule has 0 saturated carbocycles. The van der Waals surface area contributed by atoms with Gasteiger partial charge in [0.1, 0.15) is 0 Å². The van der Waals surface area contributed by atoms with Crippen LogP contribution in [-0.4, -0.2) is 18.3 Å². The molecule has 1 aromatic rings. The van der Waals surface area contributed by atoms with E-state index >= 15 is 0 Å². The second kappa shape index (κ2) is 7.39. The molecule has 2 nitrogen and oxygen atoms in total. The minimum atomic E-state index is -0.360. The SMILES string of the molecule is CCC.Cc1cc(C(C)(C)C)c(Cl)cc1B1OC(C)(C)C(C)(C)O1. The molecule has 2 rings (SSSR count). The van der Waals surface area contributed by atoms with Crippen LogP contribution >= 0.6 is 11.6 Å². The van der Waals surface area contributed by atoms with Crippen LogP contribution in [0.3, 0.4) is 0 Å². The van der Waals surface area contributed by atoms with Crippen LogP contribution in [0.2, 0.25) is 5.02 Å². The van der Waals surface area contributed by atoms with Gasteiger partial charge in [-0.25, -0.2) is 0 Å². The lowest BCUT2D eigenvalue weighted by Crippen LogP contribution is -2.41. The van der Waals surface area contributed by atoms with Gasteiger partial charge in [0, 0.05) is 5.02 Å². The number of hydrogen-bond donors (Lipinski definition) is 0. The summed E-state index contributed by atoms with van der Waals surface area (Å²) in [4.78, 5) is 0. The van der Waals surface area contributed by atoms with Crippen molar-refractivity contribution in [3.8, 4) is 0 Å². The van der Waals surface area contributed by atoms with Gasteiger partial charge < -0.3 is 9.31 Å². The predicted molar refractivity (Wildman–Crippen MR) is 107 cm³/mol. The Morgan fingerprint density at radius 2 is 1.42 bits per heavy atom. The molecular weight excluding hydrogens is 318 g/mol. The fourth-order valence-electron chi connectivity index (χ4n) is 2.50. The molecule has 0 atom stereocenters. The molecule has 0 N–H and O–H groups in total. The lowest BCUT2D eigenvalue weighted by molar-refractivity contribution is 0.00578. The van der Waals surface area contributed by atoms with Crippen LogP contribution in [0.4, 0.5) is 0 Å². The largest absolute Gasteiger partial charge is 0.495 e. The molecular formula is C20H34BClO2. The minimum Gasteiger partial charge on any atom is -0.399 e. The van der Waals surface area contributed by atoms with E-state index in [0.717, 1.165) is 21.6 Å². The molecule has 1 aliphatic rings. The lowest BCUT2D eigenvalue weighted by atomic mass is 9.74. The molecule has 1 saturated heterocycles. The molecule has 0 spiro atoms. The second-order valence-electron chi connectivity index (χ2n) is 8.73. The predicted octanol–water partition coefficient (Wildman–Crippen LogP) is 5.66. The maximum atomic E-state index is 6.50. The number of hydrogen-bond acceptors (Lipinski definition) is 2. The van der Waals surface area contributed by atoms with E-state index in [1.807, 2.05) is 6.07 Å². The van der Waals surface area contributed by atoms with Crippen LogP contribution in [0, 0.1) is 6.92 Å². The zero-order valence-electron chi connectivity index (χ0n) is 17.1. The molecule has 0 aromatic heterocycles. The zero-order valence-corrected chi connectivity index (χ0v) is 17.9. The molecule has 0 unspecified atom stereocenters. The van der Waals surface area contributed by atoms with E-state index in [4.69, 9.17) is 20.9 Å². The highest BCUT2D eigenvalue weighted by Gasteiger charge is 2.52. The average Bonchev–Trinajstić information content (AvgIpc) is 2.60. The van der Waals surface area contributed by atoms with Crippen LogP contribution in [0.1, 0.15) is 79.9 Å². The van der Waals surface area contributed by atoms with Crippen molar-refractivity contribution in [2.75, 3.05) is 0 Å². The van der Waals surface area contributed by atoms with E-state index in [0.29, 0.717) is 0 Å². The van der Waals surface area contributed by atoms with Crippen LogP contribution in [0.25, 0.3) is 0 Å². The van der Waals surface area contributed by atoms with Crippen molar-refractivity contribution < 1.29 is 9.31 Å². The van der Waals surface area contributed by atoms with Crippen LogP contribution in [0.5, 0.6) is 0 Å². The van der Waals surface area contributed by atoms with Gasteiger partial charge in [-0.2, -0.15) is 0 Å². The van der Waals surface area contributed by atoms with Gasteiger partial charge >= 0.3 is 7.12 Å². The summed E-state index contributed by atoms with van der Waals surface area (Å²) in [7, 11) is -0.360. The Bertz CT molecular complexity index is 558. The first kappa shape index (κ1) is 21.5. The van der Waals surface area contributed by atoms with Gasteiger partial charge in [0.25, 0.3) is 0 Å². The highest BCUT2D eigenvalue weighted by atomic mass is 35.5. The van der Waals surface area contributed by atoms with E-state index in [2.05, 4.69) is 75.3 Å². The topological polar surface area (TPSA) is 18.5 Å². The van der Waals surface area contributed by atoms with E-state index < -0.39 is 0 Å². The fraction of sp³-hybridized carbons (Fsp3) is 0.700. The molecule has 1 aliphatic heterocycles. The fourth-order valence-corrected chi connectivity index (χ4v) is 2.95. The molecule has 0 radical (unpaired) electrons. The molecule has 0 aliphatic carbocycles. The Labute approximate surface area is 154 Å². The zero-order chi connectivity index (χ0) is 18.9. The van der Waals surface area contributed by atoms with Gasteiger partial charge in [-0.05, 0) is 57.1 Å². The Hall–Kier alpha value is -0.505. The summed E-state index contributed by atoms with van der Waals surface area (Å²) in [6, 6.07) is 4.16. The van der Waals surface area contributed by atoms with Crippen molar-refractivity contribution in [3.63, 3.8) is 0 Å². The minimum absolute atomic E-state index is 0.0241. The maximum Gasteiger partial charge on any atom is 0.495 e. The van der Waals surface area contributed by atoms with Crippen LogP contribution in [-0.2, 0) is 14.7 Å². The monoisotopic (exact) mass is 352 g/mol. The summed E-state index contributed by atoms with van der Waals surface area (Å²) in [6.07, 6.45) is 1.25. The summed E-state index contributed by atoms with van der Waals surface area (Å²) in [5, 5.41) is 0.776. The second-order valence-corrected chi connectivity index (χ2v) is 9.14. The molecule has 136 valence electrons. The smallest absolute Gasteiger partial charge is 0.399 e. The third-order valence-corrected chi connectivity index (χ3v) is 4.98. The van der Waals surface area contributed by atoms with E-state index in [-0.39, 0.29) is 23.7 Å². The van der Waals surface area contributed by atoms with Gasteiger partial charge in [-0.15, -0.1) is 0 Å². The molecule has 1 fully saturated rings. The maximum absolute atomic E-state index is 6.50. The summed E-state index contributed by atoms with van der Waals surface area (Å²) >= 11 is 6.50. The first-order valence-electron chi connectivity index (χ1n) is 8.93. The Morgan fingerprint density at radius 3 is 1.79 bits per heavy atom. The van der Waals surface area contributed by atoms with Crippen molar-refractivity contribution in [2.24, 2.45) is 0 Å². The molecule has 1 aromatic carbocycles. The van der Waals surface area contributed by atoms with Crippen molar-refractivity contribution in [1.82, 2.24) is 0 Å². The van der Waals surface area contributed by atoms with E-state index in [9.17, 15) is 0 Å². The van der Waals surface area contributed by atoms with Crippen LogP contribution < -0.4 is 5.46 Å². The Kier molecular flexibility index (Phi) is 6.63. The highest BCUT2D eigenvalue weighted by molar-refractivity contribution is 6.63. The number of rotatable bonds is 1. The lowest BCUT2D eigenvalue weighted by Gasteiger charge is -2.32. The summed E-state index contributed by atoms with van der Waals surface area (Å²) in [5.74, 6) is 0. The van der Waals surface area contributed by atoms with E-state index in [1.54, 1.807) is 0 Å². The third kappa shape index (κ3) is 4.56. The average molecular weight is 353 g/mol. The molecule has 1 heterocycles. The standard InChI is InChI=1S/C17H26BClO2.C3H8/c1-11-9-12(15(2,3)4)14(19)10-13(11)18-20-16(5,6)17(7,8)21-18;1-3-2/h9-10H,1-8H3;3H2,1-2H3. The molecule has 0 bridgehead atoms. The summed E-state index contributed by atoms with van der Waals surface area (Å²) < 4.78 is 12.3. The van der Waals surface area contributed by atoms with Crippen molar-refractivity contribution in [3.05, 3.63) is 28.3 Å². The Balaban J connectivity index is 0.000000891. The quantitative estimate of drug-likeness (QED) is 0.607. The van der Waals surface area contributed by atoms with E-state index in [1.165, 1.54) is 6.42 Å². The van der Waals surface area contributed by atoms with Gasteiger partial charge in [-0.1, -0.05) is 64.3 Å². The van der Waals surface area contributed by atoms with Crippen molar-refractivity contribution in [2.45, 2.75) is 92.3 Å². The van der Waals surface area contributed by atoms with Gasteiger partial charge in [0.15, 0.2) is 0 Å². The van der Waals surface area contributed by atoms with Crippen LogP contribution in [0.15, 0.2) is 12.1 Å². The number of halogens is 1. The normalized spacial score (nSPS) is 19.0. The first-order chi connectivity index (χ1) is 10.8. The third-order valence-electron chi connectivity index (χ3n) is 4.67. The number of benzene rings is 1. The van der Waals surface area contributed by atoms with Gasteiger partial charge in [-0.3, -0.25) is 0 Å². The highest BCUT2D eigenvalue weighted by Crippen LogP contribution is 2.37. The summed E-state index contributed by atoms with van der Waals surface area (Å²) in [5.41, 5.74) is 2.69. The summed E-state index contributed by atoms with van der Waals surface area (Å²) in [6.45, 7) is 21.1. The Morgan fingerprint density at radius 1 is 1.00 bits per heavy atom. The number of aryl methyl sites for hydroxylation is 1. The van der Waals surface area contributed by atoms with Crippen molar-refractivity contribution >= 4 is 24.2 Å². The molecule has 0 amide bonds.